The number of carboxylic acid groups (broad SMARTS) is 1. The first-order valence-electron chi connectivity index (χ1n) is 5.43. The van der Waals surface area contributed by atoms with Crippen LogP contribution >= 0.6 is 0 Å². The molecule has 0 radical (unpaired) electrons. The molecule has 0 bridgehead atoms. The van der Waals surface area contributed by atoms with Gasteiger partial charge in [-0.15, -0.1) is 0 Å². The summed E-state index contributed by atoms with van der Waals surface area (Å²) < 4.78 is 0. The number of aliphatic carboxylic acids is 1. The van der Waals surface area contributed by atoms with Crippen molar-refractivity contribution in [2.45, 2.75) is 52.1 Å². The standard InChI is InChI=1S/C11H23NO3/c1-4-5-11(8-12,9(13)14)7-6-10(2,3)15/h15H,4-8,12H2,1-3H3,(H,13,14). The van der Waals surface area contributed by atoms with E-state index < -0.39 is 17.0 Å². The van der Waals surface area contributed by atoms with Gasteiger partial charge in [-0.05, 0) is 33.1 Å². The minimum Gasteiger partial charge on any atom is -0.481 e. The lowest BCUT2D eigenvalue weighted by molar-refractivity contribution is -0.150. The average Bonchev–Trinajstić information content (AvgIpc) is 2.10. The number of rotatable bonds is 7. The zero-order chi connectivity index (χ0) is 12.1. The summed E-state index contributed by atoms with van der Waals surface area (Å²) in [6.07, 6.45) is 2.23. The first-order valence-corrected chi connectivity index (χ1v) is 5.43. The molecule has 0 saturated heterocycles. The summed E-state index contributed by atoms with van der Waals surface area (Å²) in [4.78, 5) is 11.2. The third-order valence-corrected chi connectivity index (χ3v) is 2.79. The van der Waals surface area contributed by atoms with Crippen LogP contribution < -0.4 is 5.73 Å². The molecule has 1 atom stereocenters. The Labute approximate surface area is 91.5 Å². The summed E-state index contributed by atoms with van der Waals surface area (Å²) in [7, 11) is 0. The fourth-order valence-electron chi connectivity index (χ4n) is 1.65. The molecule has 0 aliphatic carbocycles. The first-order chi connectivity index (χ1) is 6.77. The van der Waals surface area contributed by atoms with E-state index in [1.54, 1.807) is 13.8 Å². The quantitative estimate of drug-likeness (QED) is 0.601. The summed E-state index contributed by atoms with van der Waals surface area (Å²) in [6, 6.07) is 0. The normalized spacial score (nSPS) is 16.1. The molecule has 0 aromatic heterocycles. The van der Waals surface area contributed by atoms with E-state index >= 15 is 0 Å². The maximum Gasteiger partial charge on any atom is 0.310 e. The van der Waals surface area contributed by atoms with Gasteiger partial charge in [-0.1, -0.05) is 13.3 Å². The van der Waals surface area contributed by atoms with Crippen LogP contribution in [0.3, 0.4) is 0 Å². The zero-order valence-corrected chi connectivity index (χ0v) is 9.92. The second-order valence-electron chi connectivity index (χ2n) is 4.85. The van der Waals surface area contributed by atoms with E-state index in [-0.39, 0.29) is 6.54 Å². The van der Waals surface area contributed by atoms with E-state index in [1.807, 2.05) is 6.92 Å². The number of carbonyl (C=O) groups is 1. The van der Waals surface area contributed by atoms with E-state index in [9.17, 15) is 15.0 Å². The van der Waals surface area contributed by atoms with Crippen LogP contribution in [0.25, 0.3) is 0 Å². The molecule has 0 aromatic carbocycles. The fourth-order valence-corrected chi connectivity index (χ4v) is 1.65. The van der Waals surface area contributed by atoms with Crippen molar-refractivity contribution in [3.8, 4) is 0 Å². The Morgan fingerprint density at radius 1 is 1.27 bits per heavy atom. The highest BCUT2D eigenvalue weighted by molar-refractivity contribution is 5.74. The van der Waals surface area contributed by atoms with E-state index in [4.69, 9.17) is 5.73 Å². The third kappa shape index (κ3) is 4.62. The smallest absolute Gasteiger partial charge is 0.310 e. The predicted octanol–water partition coefficient (Wildman–Crippen LogP) is 1.37. The van der Waals surface area contributed by atoms with Crippen LogP contribution in [0.5, 0.6) is 0 Å². The van der Waals surface area contributed by atoms with Gasteiger partial charge < -0.3 is 15.9 Å². The van der Waals surface area contributed by atoms with E-state index in [0.717, 1.165) is 6.42 Å². The van der Waals surface area contributed by atoms with Crippen molar-refractivity contribution >= 4 is 5.97 Å². The van der Waals surface area contributed by atoms with Crippen molar-refractivity contribution in [1.29, 1.82) is 0 Å². The Balaban J connectivity index is 4.55. The largest absolute Gasteiger partial charge is 0.481 e. The molecule has 0 spiro atoms. The van der Waals surface area contributed by atoms with E-state index in [2.05, 4.69) is 0 Å². The highest BCUT2D eigenvalue weighted by atomic mass is 16.4. The lowest BCUT2D eigenvalue weighted by Crippen LogP contribution is -2.40. The Bertz CT molecular complexity index is 210. The molecule has 0 aromatic rings. The Hall–Kier alpha value is -0.610. The van der Waals surface area contributed by atoms with Gasteiger partial charge in [0, 0.05) is 6.54 Å². The van der Waals surface area contributed by atoms with Gasteiger partial charge in [0.05, 0.1) is 11.0 Å². The van der Waals surface area contributed by atoms with Gasteiger partial charge in [0.15, 0.2) is 0 Å². The number of carboxylic acids is 1. The molecular weight excluding hydrogens is 194 g/mol. The van der Waals surface area contributed by atoms with Crippen molar-refractivity contribution < 1.29 is 15.0 Å². The van der Waals surface area contributed by atoms with Crippen LogP contribution in [0.1, 0.15) is 46.5 Å². The van der Waals surface area contributed by atoms with Gasteiger partial charge in [-0.25, -0.2) is 0 Å². The molecule has 0 rings (SSSR count). The lowest BCUT2D eigenvalue weighted by atomic mass is 9.77. The number of hydrogen-bond acceptors (Lipinski definition) is 3. The highest BCUT2D eigenvalue weighted by Crippen LogP contribution is 2.31. The summed E-state index contributed by atoms with van der Waals surface area (Å²) >= 11 is 0. The molecule has 0 aliphatic rings. The minimum atomic E-state index is -0.866. The monoisotopic (exact) mass is 217 g/mol. The summed E-state index contributed by atoms with van der Waals surface area (Å²) in [5.41, 5.74) is 3.87. The first kappa shape index (κ1) is 14.4. The van der Waals surface area contributed by atoms with Crippen molar-refractivity contribution in [3.63, 3.8) is 0 Å². The molecule has 4 N–H and O–H groups in total. The SMILES string of the molecule is CCCC(CN)(CCC(C)(C)O)C(=O)O. The van der Waals surface area contributed by atoms with Crippen LogP contribution in [-0.4, -0.2) is 28.3 Å². The Kier molecular flexibility index (Phi) is 5.24. The second kappa shape index (κ2) is 5.47. The van der Waals surface area contributed by atoms with Crippen molar-refractivity contribution in [3.05, 3.63) is 0 Å². The molecule has 4 heteroatoms. The summed E-state index contributed by atoms with van der Waals surface area (Å²) in [5.74, 6) is -0.851. The van der Waals surface area contributed by atoms with Crippen LogP contribution in [0.2, 0.25) is 0 Å². The number of aliphatic hydroxyl groups is 1. The van der Waals surface area contributed by atoms with Gasteiger partial charge in [-0.3, -0.25) is 4.79 Å². The van der Waals surface area contributed by atoms with Gasteiger partial charge in [0.1, 0.15) is 0 Å². The number of nitrogens with two attached hydrogens (primary N) is 1. The summed E-state index contributed by atoms with van der Waals surface area (Å²) in [6.45, 7) is 5.44. The van der Waals surface area contributed by atoms with Crippen LogP contribution in [-0.2, 0) is 4.79 Å². The van der Waals surface area contributed by atoms with Crippen molar-refractivity contribution in [2.24, 2.45) is 11.1 Å². The third-order valence-electron chi connectivity index (χ3n) is 2.79. The van der Waals surface area contributed by atoms with Gasteiger partial charge in [0.2, 0.25) is 0 Å². The fraction of sp³-hybridized carbons (Fsp3) is 0.909. The number of hydrogen-bond donors (Lipinski definition) is 3. The topological polar surface area (TPSA) is 83.5 Å². The molecule has 90 valence electrons. The van der Waals surface area contributed by atoms with E-state index in [1.165, 1.54) is 0 Å². The van der Waals surface area contributed by atoms with Gasteiger partial charge in [-0.2, -0.15) is 0 Å². The van der Waals surface area contributed by atoms with Gasteiger partial charge in [0.25, 0.3) is 0 Å². The maximum absolute atomic E-state index is 11.2. The molecule has 15 heavy (non-hydrogen) atoms. The molecule has 1 unspecified atom stereocenters. The van der Waals surface area contributed by atoms with Crippen LogP contribution in [0.4, 0.5) is 0 Å². The second-order valence-corrected chi connectivity index (χ2v) is 4.85. The van der Waals surface area contributed by atoms with Crippen LogP contribution in [0, 0.1) is 5.41 Å². The van der Waals surface area contributed by atoms with Crippen molar-refractivity contribution in [2.75, 3.05) is 6.54 Å². The molecule has 0 fully saturated rings. The molecule has 0 amide bonds. The molecule has 0 aliphatic heterocycles. The predicted molar refractivity (Wildman–Crippen MR) is 59.6 cm³/mol. The molecular formula is C11H23NO3. The zero-order valence-electron chi connectivity index (χ0n) is 9.92. The highest BCUT2D eigenvalue weighted by Gasteiger charge is 2.37. The maximum atomic E-state index is 11.2. The van der Waals surface area contributed by atoms with Crippen LogP contribution in [0.15, 0.2) is 0 Å². The van der Waals surface area contributed by atoms with Gasteiger partial charge >= 0.3 is 5.97 Å². The van der Waals surface area contributed by atoms with Crippen molar-refractivity contribution in [1.82, 2.24) is 0 Å². The average molecular weight is 217 g/mol. The summed E-state index contributed by atoms with van der Waals surface area (Å²) in [5, 5.41) is 18.8. The molecule has 4 nitrogen and oxygen atoms in total. The molecule has 0 heterocycles. The van der Waals surface area contributed by atoms with E-state index in [0.29, 0.717) is 19.3 Å². The Morgan fingerprint density at radius 3 is 2.07 bits per heavy atom. The Morgan fingerprint density at radius 2 is 1.80 bits per heavy atom. The lowest BCUT2D eigenvalue weighted by Gasteiger charge is -2.30. The molecule has 0 saturated carbocycles. The minimum absolute atomic E-state index is 0.131.